The van der Waals surface area contributed by atoms with Crippen molar-refractivity contribution in [2.45, 2.75) is 12.5 Å². The number of fused-ring (bicyclic) bond motifs is 1. The molecule has 1 aromatic heterocycles. The van der Waals surface area contributed by atoms with E-state index >= 15 is 0 Å². The molecule has 1 aliphatic rings. The van der Waals surface area contributed by atoms with Gasteiger partial charge in [-0.1, -0.05) is 36.4 Å². The molecule has 0 bridgehead atoms. The first-order valence-electron chi connectivity index (χ1n) is 8.75. The summed E-state index contributed by atoms with van der Waals surface area (Å²) in [7, 11) is 0. The zero-order valence-electron chi connectivity index (χ0n) is 14.8. The summed E-state index contributed by atoms with van der Waals surface area (Å²) in [6.45, 7) is 0. The summed E-state index contributed by atoms with van der Waals surface area (Å²) >= 11 is 1.30. The Kier molecular flexibility index (Phi) is 4.90. The average molecular weight is 391 g/mol. The van der Waals surface area contributed by atoms with Crippen LogP contribution < -0.4 is 15.5 Å². The molecule has 0 saturated heterocycles. The third kappa shape index (κ3) is 3.52. The lowest BCUT2D eigenvalue weighted by atomic mass is 10.0. The predicted molar refractivity (Wildman–Crippen MR) is 110 cm³/mol. The summed E-state index contributed by atoms with van der Waals surface area (Å²) in [5, 5.41) is 7.38. The van der Waals surface area contributed by atoms with Crippen molar-refractivity contribution in [3.63, 3.8) is 0 Å². The molecule has 0 unspecified atom stereocenters. The van der Waals surface area contributed by atoms with Crippen LogP contribution >= 0.6 is 11.3 Å². The van der Waals surface area contributed by atoms with Crippen LogP contribution in [0.25, 0.3) is 0 Å². The van der Waals surface area contributed by atoms with Gasteiger partial charge in [0.05, 0.1) is 22.7 Å². The van der Waals surface area contributed by atoms with E-state index in [1.165, 1.54) is 16.2 Å². The van der Waals surface area contributed by atoms with Crippen LogP contribution in [0.15, 0.2) is 72.1 Å². The van der Waals surface area contributed by atoms with Gasteiger partial charge in [0.2, 0.25) is 11.8 Å². The monoisotopic (exact) mass is 391 g/mol. The number of para-hydroxylation sites is 3. The van der Waals surface area contributed by atoms with Gasteiger partial charge >= 0.3 is 0 Å². The molecule has 28 heavy (non-hydrogen) atoms. The second-order valence-corrected chi connectivity index (χ2v) is 7.24. The Hall–Kier alpha value is -3.45. The largest absolute Gasteiger partial charge is 0.326 e. The lowest BCUT2D eigenvalue weighted by Gasteiger charge is -2.35. The van der Waals surface area contributed by atoms with Crippen molar-refractivity contribution >= 4 is 46.1 Å². The fraction of sp³-hybridized carbons (Fsp3) is 0.0952. The van der Waals surface area contributed by atoms with Crippen molar-refractivity contribution in [1.29, 1.82) is 0 Å². The summed E-state index contributed by atoms with van der Waals surface area (Å²) in [6.07, 6.45) is -0.147. The maximum atomic E-state index is 13.1. The molecule has 140 valence electrons. The topological polar surface area (TPSA) is 78.5 Å². The van der Waals surface area contributed by atoms with E-state index < -0.39 is 6.04 Å². The Labute approximate surface area is 165 Å². The molecule has 4 rings (SSSR count). The first-order valence-corrected chi connectivity index (χ1v) is 9.63. The molecule has 0 radical (unpaired) electrons. The summed E-state index contributed by atoms with van der Waals surface area (Å²) < 4.78 is 0. The number of hydrogen-bond acceptors (Lipinski definition) is 4. The van der Waals surface area contributed by atoms with Crippen molar-refractivity contribution in [2.75, 3.05) is 15.5 Å². The number of nitrogens with one attached hydrogen (secondary N) is 2. The Balaban J connectivity index is 1.64. The number of carbonyl (C=O) groups is 3. The number of anilines is 3. The Morgan fingerprint density at radius 2 is 1.75 bits per heavy atom. The van der Waals surface area contributed by atoms with Gasteiger partial charge in [-0.25, -0.2) is 0 Å². The third-order valence-electron chi connectivity index (χ3n) is 4.42. The molecule has 1 aliphatic heterocycles. The van der Waals surface area contributed by atoms with Gasteiger partial charge in [-0.05, 0) is 35.7 Å². The number of hydrogen-bond donors (Lipinski definition) is 2. The molecule has 0 fully saturated rings. The van der Waals surface area contributed by atoms with Gasteiger partial charge in [-0.15, -0.1) is 11.3 Å². The number of benzene rings is 2. The van der Waals surface area contributed by atoms with Crippen LogP contribution in [0.5, 0.6) is 0 Å². The van der Waals surface area contributed by atoms with E-state index in [1.54, 1.807) is 53.9 Å². The quantitative estimate of drug-likeness (QED) is 0.711. The summed E-state index contributed by atoms with van der Waals surface area (Å²) in [5.41, 5.74) is 1.77. The van der Waals surface area contributed by atoms with Crippen LogP contribution in [0.1, 0.15) is 16.1 Å². The Bertz CT molecular complexity index is 1020. The molecule has 0 saturated carbocycles. The first kappa shape index (κ1) is 17.9. The number of amides is 3. The smallest absolute Gasteiger partial charge is 0.269 e. The van der Waals surface area contributed by atoms with Crippen LogP contribution in [0, 0.1) is 0 Å². The minimum Gasteiger partial charge on any atom is -0.326 e. The van der Waals surface area contributed by atoms with Gasteiger partial charge in [0.15, 0.2) is 0 Å². The van der Waals surface area contributed by atoms with Gasteiger partial charge in [0.1, 0.15) is 6.04 Å². The number of rotatable bonds is 4. The van der Waals surface area contributed by atoms with Crippen molar-refractivity contribution in [3.05, 3.63) is 77.0 Å². The highest BCUT2D eigenvalue weighted by Gasteiger charge is 2.38. The van der Waals surface area contributed by atoms with E-state index in [1.807, 2.05) is 18.2 Å². The van der Waals surface area contributed by atoms with Crippen LogP contribution in [0.4, 0.5) is 17.1 Å². The predicted octanol–water partition coefficient (Wildman–Crippen LogP) is 3.74. The Morgan fingerprint density at radius 1 is 1.00 bits per heavy atom. The van der Waals surface area contributed by atoms with Crippen LogP contribution in [0.3, 0.4) is 0 Å². The normalized spacial score (nSPS) is 15.5. The fourth-order valence-electron chi connectivity index (χ4n) is 3.15. The minimum absolute atomic E-state index is 0.147. The van der Waals surface area contributed by atoms with E-state index in [-0.39, 0.29) is 24.1 Å². The highest BCUT2D eigenvalue weighted by Crippen LogP contribution is 2.34. The van der Waals surface area contributed by atoms with Gasteiger partial charge in [0, 0.05) is 5.69 Å². The van der Waals surface area contributed by atoms with Crippen molar-refractivity contribution < 1.29 is 14.4 Å². The second-order valence-electron chi connectivity index (χ2n) is 6.29. The summed E-state index contributed by atoms with van der Waals surface area (Å²) in [4.78, 5) is 40.4. The molecule has 3 amide bonds. The van der Waals surface area contributed by atoms with Gasteiger partial charge < -0.3 is 10.6 Å². The second kappa shape index (κ2) is 7.66. The molecular formula is C21H17N3O3S. The molecule has 6 nitrogen and oxygen atoms in total. The third-order valence-corrected chi connectivity index (χ3v) is 5.28. The molecule has 3 aromatic rings. The SMILES string of the molecule is O=C(C[C@@H]1C(=O)Nc2ccccc2N1C(=O)c1cccs1)Nc1ccccc1. The highest BCUT2D eigenvalue weighted by molar-refractivity contribution is 7.12. The molecule has 2 aromatic carbocycles. The zero-order chi connectivity index (χ0) is 19.5. The summed E-state index contributed by atoms with van der Waals surface area (Å²) in [5.74, 6) is -1.02. The maximum absolute atomic E-state index is 13.1. The van der Waals surface area contributed by atoms with Crippen LogP contribution in [0.2, 0.25) is 0 Å². The molecule has 2 N–H and O–H groups in total. The lowest BCUT2D eigenvalue weighted by molar-refractivity contribution is -0.122. The molecule has 1 atom stereocenters. The van der Waals surface area contributed by atoms with E-state index in [4.69, 9.17) is 0 Å². The number of carbonyl (C=O) groups excluding carboxylic acids is 3. The van der Waals surface area contributed by atoms with Gasteiger partial charge in [0.25, 0.3) is 5.91 Å². The summed E-state index contributed by atoms with van der Waals surface area (Å²) in [6, 6.07) is 18.7. The zero-order valence-corrected chi connectivity index (χ0v) is 15.6. The number of thiophene rings is 1. The first-order chi connectivity index (χ1) is 13.6. The van der Waals surface area contributed by atoms with E-state index in [0.29, 0.717) is 21.9 Å². The number of nitrogens with zero attached hydrogens (tertiary/aromatic N) is 1. The molecule has 0 spiro atoms. The molecule has 7 heteroatoms. The Morgan fingerprint density at radius 3 is 2.50 bits per heavy atom. The van der Waals surface area contributed by atoms with Gasteiger partial charge in [-0.2, -0.15) is 0 Å². The molecular weight excluding hydrogens is 374 g/mol. The van der Waals surface area contributed by atoms with Crippen LogP contribution in [-0.2, 0) is 9.59 Å². The molecule has 2 heterocycles. The van der Waals surface area contributed by atoms with Crippen LogP contribution in [-0.4, -0.2) is 23.8 Å². The van der Waals surface area contributed by atoms with E-state index in [2.05, 4.69) is 10.6 Å². The van der Waals surface area contributed by atoms with E-state index in [9.17, 15) is 14.4 Å². The molecule has 0 aliphatic carbocycles. The lowest BCUT2D eigenvalue weighted by Crippen LogP contribution is -2.52. The van der Waals surface area contributed by atoms with Crippen molar-refractivity contribution in [1.82, 2.24) is 0 Å². The highest BCUT2D eigenvalue weighted by atomic mass is 32.1. The maximum Gasteiger partial charge on any atom is 0.269 e. The van der Waals surface area contributed by atoms with Gasteiger partial charge in [-0.3, -0.25) is 19.3 Å². The standard InChI is InChI=1S/C21H17N3O3S/c25-19(22-14-7-2-1-3-8-14)13-17-20(26)23-15-9-4-5-10-16(15)24(17)21(27)18-11-6-12-28-18/h1-12,17H,13H2,(H,22,25)(H,23,26)/t17-/m1/s1. The van der Waals surface area contributed by atoms with Crippen molar-refractivity contribution in [2.24, 2.45) is 0 Å². The van der Waals surface area contributed by atoms with E-state index in [0.717, 1.165) is 0 Å². The fourth-order valence-corrected chi connectivity index (χ4v) is 3.81. The minimum atomic E-state index is -0.937. The van der Waals surface area contributed by atoms with Crippen molar-refractivity contribution in [3.8, 4) is 0 Å². The average Bonchev–Trinajstić information content (AvgIpc) is 3.24.